The molecule has 0 aliphatic carbocycles. The summed E-state index contributed by atoms with van der Waals surface area (Å²) in [6.45, 7) is 1.53. The highest BCUT2D eigenvalue weighted by molar-refractivity contribution is 5.26. The molecule has 0 aromatic heterocycles. The summed E-state index contributed by atoms with van der Waals surface area (Å²) in [5, 5.41) is 16.7. The van der Waals surface area contributed by atoms with E-state index in [1.807, 2.05) is 6.07 Å². The third-order valence-electron chi connectivity index (χ3n) is 2.90. The molecule has 2 aromatic carbocycles. The molecule has 0 radical (unpaired) electrons. The highest BCUT2D eigenvalue weighted by Crippen LogP contribution is 2.18. The smallest absolute Gasteiger partial charge is 0.127 e. The number of benzene rings is 2. The fourth-order valence-electron chi connectivity index (χ4n) is 1.68. The minimum atomic E-state index is -0.610. The van der Waals surface area contributed by atoms with Gasteiger partial charge in [0.15, 0.2) is 0 Å². The summed E-state index contributed by atoms with van der Waals surface area (Å²) in [7, 11) is 0. The summed E-state index contributed by atoms with van der Waals surface area (Å²) in [4.78, 5) is 0. The van der Waals surface area contributed by atoms with E-state index in [-0.39, 0.29) is 17.5 Å². The molecule has 2 aromatic rings. The molecule has 2 nitrogen and oxygen atoms in total. The zero-order valence-electron chi connectivity index (χ0n) is 12.2. The van der Waals surface area contributed by atoms with Gasteiger partial charge in [-0.2, -0.15) is 10.5 Å². The van der Waals surface area contributed by atoms with E-state index in [9.17, 15) is 17.6 Å². The van der Waals surface area contributed by atoms with Crippen LogP contribution in [0.2, 0.25) is 0 Å². The molecule has 1 atom stereocenters. The van der Waals surface area contributed by atoms with Crippen molar-refractivity contribution in [1.29, 1.82) is 10.5 Å². The molecule has 0 aliphatic rings. The van der Waals surface area contributed by atoms with Crippen molar-refractivity contribution in [2.45, 2.75) is 19.3 Å². The Morgan fingerprint density at radius 3 is 2.04 bits per heavy atom. The van der Waals surface area contributed by atoms with Crippen LogP contribution >= 0.6 is 0 Å². The Kier molecular flexibility index (Phi) is 6.76. The van der Waals surface area contributed by atoms with Gasteiger partial charge in [0.05, 0.1) is 24.5 Å². The third-order valence-corrected chi connectivity index (χ3v) is 2.90. The number of rotatable bonds is 2. The van der Waals surface area contributed by atoms with Crippen LogP contribution in [0.4, 0.5) is 17.6 Å². The SMILES string of the molecule is CC(C#N)c1cc(F)ccc1F.N#CCc1cc(F)ccc1F. The topological polar surface area (TPSA) is 47.6 Å². The third kappa shape index (κ3) is 5.44. The quantitative estimate of drug-likeness (QED) is 0.758. The highest BCUT2D eigenvalue weighted by atomic mass is 19.1. The van der Waals surface area contributed by atoms with E-state index in [0.717, 1.165) is 36.4 Å². The van der Waals surface area contributed by atoms with Gasteiger partial charge in [-0.1, -0.05) is 0 Å². The van der Waals surface area contributed by atoms with Gasteiger partial charge in [-0.3, -0.25) is 0 Å². The zero-order chi connectivity index (χ0) is 17.4. The van der Waals surface area contributed by atoms with Crippen LogP contribution in [-0.4, -0.2) is 0 Å². The Hall–Kier alpha value is -2.86. The van der Waals surface area contributed by atoms with Crippen molar-refractivity contribution in [3.05, 3.63) is 70.8 Å². The highest BCUT2D eigenvalue weighted by Gasteiger charge is 2.10. The standard InChI is InChI=1S/C9H7F2N.C8H5F2N/c1-6(5-12)8-4-7(10)2-3-9(8)11;9-7-1-2-8(10)6(5-7)3-4-11/h2-4,6H,1H3;1-2,5H,3H2. The molecule has 0 saturated carbocycles. The maximum Gasteiger partial charge on any atom is 0.127 e. The first-order valence-electron chi connectivity index (χ1n) is 6.54. The number of hydrogen-bond donors (Lipinski definition) is 0. The summed E-state index contributed by atoms with van der Waals surface area (Å²) in [5.74, 6) is -2.72. The predicted molar refractivity (Wildman–Crippen MR) is 76.1 cm³/mol. The van der Waals surface area contributed by atoms with Gasteiger partial charge in [0, 0.05) is 11.1 Å². The molecular formula is C17H12F4N2. The van der Waals surface area contributed by atoms with Crippen molar-refractivity contribution < 1.29 is 17.6 Å². The molecule has 6 heteroatoms. The average molecular weight is 320 g/mol. The monoisotopic (exact) mass is 320 g/mol. The molecule has 118 valence electrons. The zero-order valence-corrected chi connectivity index (χ0v) is 12.2. The second kappa shape index (κ2) is 8.55. The van der Waals surface area contributed by atoms with E-state index in [4.69, 9.17) is 10.5 Å². The summed E-state index contributed by atoms with van der Waals surface area (Å²) in [6, 6.07) is 9.76. The van der Waals surface area contributed by atoms with E-state index >= 15 is 0 Å². The van der Waals surface area contributed by atoms with Crippen LogP contribution in [0.25, 0.3) is 0 Å². The van der Waals surface area contributed by atoms with Crippen molar-refractivity contribution in [3.63, 3.8) is 0 Å². The molecule has 0 saturated heterocycles. The molecule has 0 N–H and O–H groups in total. The Labute approximate surface area is 131 Å². The second-order valence-corrected chi connectivity index (χ2v) is 4.59. The maximum absolute atomic E-state index is 12.9. The molecule has 0 aliphatic heterocycles. The minimum Gasteiger partial charge on any atom is -0.207 e. The Morgan fingerprint density at radius 2 is 1.48 bits per heavy atom. The largest absolute Gasteiger partial charge is 0.207 e. The van der Waals surface area contributed by atoms with Gasteiger partial charge in [0.25, 0.3) is 0 Å². The Balaban J connectivity index is 0.000000231. The summed E-state index contributed by atoms with van der Waals surface area (Å²) < 4.78 is 50.5. The van der Waals surface area contributed by atoms with Gasteiger partial charge in [-0.05, 0) is 43.3 Å². The molecule has 0 heterocycles. The van der Waals surface area contributed by atoms with Crippen molar-refractivity contribution in [2.75, 3.05) is 0 Å². The second-order valence-electron chi connectivity index (χ2n) is 4.59. The molecule has 23 heavy (non-hydrogen) atoms. The fraction of sp³-hybridized carbons (Fsp3) is 0.176. The van der Waals surface area contributed by atoms with Gasteiger partial charge in [0.1, 0.15) is 23.3 Å². The molecule has 0 spiro atoms. The number of halogens is 4. The van der Waals surface area contributed by atoms with E-state index < -0.39 is 29.2 Å². The lowest BCUT2D eigenvalue weighted by molar-refractivity contribution is 0.582. The molecule has 2 rings (SSSR count). The number of hydrogen-bond acceptors (Lipinski definition) is 2. The lowest BCUT2D eigenvalue weighted by atomic mass is 10.0. The van der Waals surface area contributed by atoms with Crippen molar-refractivity contribution in [2.24, 2.45) is 0 Å². The van der Waals surface area contributed by atoms with E-state index in [1.165, 1.54) is 6.92 Å². The van der Waals surface area contributed by atoms with Crippen LogP contribution in [0, 0.1) is 45.9 Å². The van der Waals surface area contributed by atoms with Crippen LogP contribution in [0.5, 0.6) is 0 Å². The van der Waals surface area contributed by atoms with Crippen LogP contribution in [0.15, 0.2) is 36.4 Å². The summed E-state index contributed by atoms with van der Waals surface area (Å²) in [5.41, 5.74) is 0.213. The Morgan fingerprint density at radius 1 is 0.913 bits per heavy atom. The first-order chi connectivity index (χ1) is 10.9. The van der Waals surface area contributed by atoms with Gasteiger partial charge >= 0.3 is 0 Å². The van der Waals surface area contributed by atoms with Crippen molar-refractivity contribution >= 4 is 0 Å². The van der Waals surface area contributed by atoms with Crippen LogP contribution in [0.1, 0.15) is 24.0 Å². The lowest BCUT2D eigenvalue weighted by Crippen LogP contribution is -1.95. The molecule has 1 unspecified atom stereocenters. The van der Waals surface area contributed by atoms with Gasteiger partial charge in [-0.15, -0.1) is 0 Å². The maximum atomic E-state index is 12.9. The predicted octanol–water partition coefficient (Wildman–Crippen LogP) is 4.62. The average Bonchev–Trinajstić information content (AvgIpc) is 2.53. The number of nitrogens with zero attached hydrogens (tertiary/aromatic N) is 2. The molecule has 0 bridgehead atoms. The van der Waals surface area contributed by atoms with Gasteiger partial charge in [-0.25, -0.2) is 17.6 Å². The lowest BCUT2D eigenvalue weighted by Gasteiger charge is -2.03. The normalized spacial score (nSPS) is 10.7. The minimum absolute atomic E-state index is 0.0937. The van der Waals surface area contributed by atoms with E-state index in [0.29, 0.717) is 0 Å². The van der Waals surface area contributed by atoms with Gasteiger partial charge < -0.3 is 0 Å². The van der Waals surface area contributed by atoms with Crippen molar-refractivity contribution in [3.8, 4) is 12.1 Å². The Bertz CT molecular complexity index is 760. The molecular weight excluding hydrogens is 308 g/mol. The van der Waals surface area contributed by atoms with E-state index in [1.54, 1.807) is 6.07 Å². The fourth-order valence-corrected chi connectivity index (χ4v) is 1.68. The first-order valence-corrected chi connectivity index (χ1v) is 6.54. The van der Waals surface area contributed by atoms with Gasteiger partial charge in [0.2, 0.25) is 0 Å². The summed E-state index contributed by atoms with van der Waals surface area (Å²) >= 11 is 0. The van der Waals surface area contributed by atoms with E-state index in [2.05, 4.69) is 0 Å². The van der Waals surface area contributed by atoms with Crippen LogP contribution < -0.4 is 0 Å². The summed E-state index contributed by atoms with van der Waals surface area (Å²) in [6.07, 6.45) is -0.0937. The molecule has 0 amide bonds. The first kappa shape index (κ1) is 18.2. The van der Waals surface area contributed by atoms with Crippen LogP contribution in [-0.2, 0) is 6.42 Å². The molecule has 0 fully saturated rings. The van der Waals surface area contributed by atoms with Crippen LogP contribution in [0.3, 0.4) is 0 Å². The number of nitriles is 2. The van der Waals surface area contributed by atoms with Crippen molar-refractivity contribution in [1.82, 2.24) is 0 Å².